The summed E-state index contributed by atoms with van der Waals surface area (Å²) in [5.41, 5.74) is 5.78. The van der Waals surface area contributed by atoms with E-state index >= 15 is 0 Å². The Kier molecular flexibility index (Phi) is 10.4. The summed E-state index contributed by atoms with van der Waals surface area (Å²) in [6, 6.07) is 15.2. The number of halogens is 1. The minimum absolute atomic E-state index is 0. The molecule has 0 bridgehead atoms. The predicted octanol–water partition coefficient (Wildman–Crippen LogP) is 5.85. The Morgan fingerprint density at radius 1 is 1.19 bits per heavy atom. The van der Waals surface area contributed by atoms with Crippen LogP contribution in [0.1, 0.15) is 23.1 Å². The standard InChI is InChI=1S/C25H25ClN2O2S.Li.H/c1-17-5-3-4-6-20(17)21-15-18(7-9-19-16-27-13-11-22(19)26)8-10-23(21)28-24(25(29)30)12-14-31-2;;/h3-11,13,15-16,24,28H,12,14H2,1-2H3,(H,29,30);;/t24-;;/m0../s1. The first kappa shape index (κ1) is 26.1. The molecular weight excluding hydrogens is 435 g/mol. The molecule has 4 nitrogen and oxygen atoms in total. The first-order chi connectivity index (χ1) is 15.0. The first-order valence-electron chi connectivity index (χ1n) is 9.95. The molecular formula is C25H26ClLiN2O2S. The number of thioether (sulfide) groups is 1. The van der Waals surface area contributed by atoms with Gasteiger partial charge in [0.1, 0.15) is 6.04 Å². The number of hydrogen-bond donors (Lipinski definition) is 2. The van der Waals surface area contributed by atoms with Crippen LogP contribution in [0.5, 0.6) is 0 Å². The van der Waals surface area contributed by atoms with E-state index in [0.29, 0.717) is 11.4 Å². The predicted molar refractivity (Wildman–Crippen MR) is 140 cm³/mol. The van der Waals surface area contributed by atoms with Crippen molar-refractivity contribution in [2.75, 3.05) is 17.3 Å². The van der Waals surface area contributed by atoms with E-state index in [-0.39, 0.29) is 18.9 Å². The molecule has 162 valence electrons. The molecule has 0 fully saturated rings. The average Bonchev–Trinajstić information content (AvgIpc) is 2.77. The fourth-order valence-electron chi connectivity index (χ4n) is 3.27. The summed E-state index contributed by atoms with van der Waals surface area (Å²) in [5.74, 6) is -0.0731. The number of carboxylic acids is 1. The van der Waals surface area contributed by atoms with Crippen molar-refractivity contribution in [1.29, 1.82) is 0 Å². The Hall–Kier alpha value is -2.16. The molecule has 0 saturated heterocycles. The number of aromatic nitrogens is 1. The molecule has 0 aliphatic carbocycles. The Labute approximate surface area is 210 Å². The number of aryl methyl sites for hydroxylation is 1. The third kappa shape index (κ3) is 6.92. The topological polar surface area (TPSA) is 62.2 Å². The molecule has 1 aromatic heterocycles. The van der Waals surface area contributed by atoms with Gasteiger partial charge in [0.15, 0.2) is 0 Å². The number of anilines is 1. The van der Waals surface area contributed by atoms with E-state index in [2.05, 4.69) is 35.4 Å². The van der Waals surface area contributed by atoms with Gasteiger partial charge in [-0.3, -0.25) is 4.98 Å². The summed E-state index contributed by atoms with van der Waals surface area (Å²) in [6.45, 7) is 2.05. The van der Waals surface area contributed by atoms with Gasteiger partial charge in [0.05, 0.1) is 5.02 Å². The van der Waals surface area contributed by atoms with Crippen molar-refractivity contribution in [3.8, 4) is 11.1 Å². The van der Waals surface area contributed by atoms with E-state index in [4.69, 9.17) is 11.6 Å². The number of nitrogens with one attached hydrogen (secondary N) is 1. The molecule has 0 spiro atoms. The molecule has 1 heterocycles. The summed E-state index contributed by atoms with van der Waals surface area (Å²) in [6.07, 6.45) is 9.82. The molecule has 0 saturated carbocycles. The number of pyridine rings is 1. The third-order valence-corrected chi connectivity index (χ3v) is 5.96. The van der Waals surface area contributed by atoms with Crippen molar-refractivity contribution in [3.63, 3.8) is 0 Å². The molecule has 0 amide bonds. The maximum atomic E-state index is 11.8. The zero-order chi connectivity index (χ0) is 22.2. The quantitative estimate of drug-likeness (QED) is 0.392. The van der Waals surface area contributed by atoms with Crippen molar-refractivity contribution < 1.29 is 9.90 Å². The first-order valence-corrected chi connectivity index (χ1v) is 11.7. The van der Waals surface area contributed by atoms with Gasteiger partial charge >= 0.3 is 24.8 Å². The van der Waals surface area contributed by atoms with Gasteiger partial charge in [0, 0.05) is 29.2 Å². The van der Waals surface area contributed by atoms with E-state index in [1.807, 2.05) is 42.7 Å². The van der Waals surface area contributed by atoms with Crippen LogP contribution in [-0.4, -0.2) is 53.0 Å². The Morgan fingerprint density at radius 2 is 1.97 bits per heavy atom. The number of carbonyl (C=O) groups is 1. The molecule has 1 atom stereocenters. The van der Waals surface area contributed by atoms with Crippen molar-refractivity contribution >= 4 is 66.0 Å². The number of rotatable bonds is 9. The Morgan fingerprint density at radius 3 is 2.66 bits per heavy atom. The van der Waals surface area contributed by atoms with Crippen LogP contribution in [0.4, 0.5) is 5.69 Å². The van der Waals surface area contributed by atoms with E-state index in [1.54, 1.807) is 30.2 Å². The minimum atomic E-state index is -0.847. The number of carboxylic acid groups (broad SMARTS) is 1. The number of benzene rings is 2. The van der Waals surface area contributed by atoms with Crippen molar-refractivity contribution in [1.82, 2.24) is 4.98 Å². The monoisotopic (exact) mass is 460 g/mol. The van der Waals surface area contributed by atoms with Crippen molar-refractivity contribution in [2.24, 2.45) is 0 Å². The second kappa shape index (κ2) is 12.8. The summed E-state index contributed by atoms with van der Waals surface area (Å²) < 4.78 is 0. The van der Waals surface area contributed by atoms with Crippen LogP contribution < -0.4 is 5.32 Å². The molecule has 7 heteroatoms. The molecule has 3 rings (SSSR count). The summed E-state index contributed by atoms with van der Waals surface area (Å²) >= 11 is 7.87. The molecule has 0 unspecified atom stereocenters. The second-order valence-corrected chi connectivity index (χ2v) is 8.56. The van der Waals surface area contributed by atoms with Gasteiger partial charge in [-0.1, -0.05) is 54.1 Å². The molecule has 3 aromatic rings. The second-order valence-electron chi connectivity index (χ2n) is 7.17. The zero-order valence-electron chi connectivity index (χ0n) is 17.5. The van der Waals surface area contributed by atoms with E-state index in [1.165, 1.54) is 0 Å². The van der Waals surface area contributed by atoms with Gasteiger partial charge in [-0.05, 0) is 60.2 Å². The van der Waals surface area contributed by atoms with Gasteiger partial charge in [0.25, 0.3) is 0 Å². The van der Waals surface area contributed by atoms with Crippen molar-refractivity contribution in [3.05, 3.63) is 82.6 Å². The maximum absolute atomic E-state index is 11.8. The third-order valence-electron chi connectivity index (χ3n) is 4.97. The van der Waals surface area contributed by atoms with E-state index in [0.717, 1.165) is 39.3 Å². The van der Waals surface area contributed by atoms with Crippen LogP contribution in [0.2, 0.25) is 5.02 Å². The fraction of sp³-hybridized carbons (Fsp3) is 0.200. The van der Waals surface area contributed by atoms with Crippen LogP contribution in [0.3, 0.4) is 0 Å². The van der Waals surface area contributed by atoms with E-state index < -0.39 is 12.0 Å². The normalized spacial score (nSPS) is 11.7. The van der Waals surface area contributed by atoms with Gasteiger partial charge in [-0.15, -0.1) is 0 Å². The van der Waals surface area contributed by atoms with Gasteiger partial charge in [0.2, 0.25) is 0 Å². The number of hydrogen-bond acceptors (Lipinski definition) is 4. The van der Waals surface area contributed by atoms with E-state index in [9.17, 15) is 9.90 Å². The summed E-state index contributed by atoms with van der Waals surface area (Å²) in [7, 11) is 0. The Balaban J connectivity index is 0.00000363. The Bertz CT molecular complexity index is 1090. The van der Waals surface area contributed by atoms with Gasteiger partial charge in [-0.25, -0.2) is 4.79 Å². The molecule has 0 aliphatic heterocycles. The zero-order valence-corrected chi connectivity index (χ0v) is 19.1. The average molecular weight is 461 g/mol. The van der Waals surface area contributed by atoms with Crippen LogP contribution >= 0.6 is 23.4 Å². The molecule has 0 radical (unpaired) electrons. The van der Waals surface area contributed by atoms with Gasteiger partial charge in [-0.2, -0.15) is 11.8 Å². The summed E-state index contributed by atoms with van der Waals surface area (Å²) in [4.78, 5) is 15.9. The fourth-order valence-corrected chi connectivity index (χ4v) is 3.91. The molecule has 2 N–H and O–H groups in total. The molecule has 0 aliphatic rings. The van der Waals surface area contributed by atoms with Crippen LogP contribution in [-0.2, 0) is 4.79 Å². The van der Waals surface area contributed by atoms with Gasteiger partial charge < -0.3 is 10.4 Å². The molecule has 32 heavy (non-hydrogen) atoms. The van der Waals surface area contributed by atoms with Crippen LogP contribution in [0.25, 0.3) is 23.3 Å². The van der Waals surface area contributed by atoms with Crippen LogP contribution in [0.15, 0.2) is 60.9 Å². The number of aliphatic carboxylic acids is 1. The number of nitrogens with zero attached hydrogens (tertiary/aromatic N) is 1. The SMILES string of the molecule is CSCC[C@H](Nc1ccc(C=Cc2cnccc2Cl)cc1-c1ccccc1C)C(=O)O.[LiH]. The summed E-state index contributed by atoms with van der Waals surface area (Å²) in [5, 5.41) is 13.6. The molecule has 2 aromatic carbocycles. The van der Waals surface area contributed by atoms with Crippen LogP contribution in [0, 0.1) is 6.92 Å². The van der Waals surface area contributed by atoms with Crippen molar-refractivity contribution in [2.45, 2.75) is 19.4 Å².